The van der Waals surface area contributed by atoms with E-state index in [1.807, 2.05) is 12.3 Å². The van der Waals surface area contributed by atoms with Gasteiger partial charge in [-0.15, -0.1) is 11.3 Å². The van der Waals surface area contributed by atoms with Crippen molar-refractivity contribution in [2.24, 2.45) is 0 Å². The summed E-state index contributed by atoms with van der Waals surface area (Å²) in [5.74, 6) is -0.991. The van der Waals surface area contributed by atoms with Gasteiger partial charge in [0.15, 0.2) is 0 Å². The van der Waals surface area contributed by atoms with Crippen molar-refractivity contribution < 1.29 is 9.90 Å². The largest absolute Gasteiger partial charge is 0.478 e. The Labute approximate surface area is 120 Å². The molecule has 100 valence electrons. The number of hydrogen-bond acceptors (Lipinski definition) is 4. The fraction of sp³-hybridized carbons (Fsp3) is 0.231. The Morgan fingerprint density at radius 2 is 2.32 bits per heavy atom. The van der Waals surface area contributed by atoms with Gasteiger partial charge >= 0.3 is 5.97 Å². The van der Waals surface area contributed by atoms with Crippen molar-refractivity contribution in [3.05, 3.63) is 44.9 Å². The zero-order valence-electron chi connectivity index (χ0n) is 10.3. The van der Waals surface area contributed by atoms with E-state index >= 15 is 0 Å². The molecule has 1 aromatic carbocycles. The van der Waals surface area contributed by atoms with E-state index in [4.69, 9.17) is 16.7 Å². The molecule has 0 saturated carbocycles. The van der Waals surface area contributed by atoms with Crippen molar-refractivity contribution in [2.75, 3.05) is 11.9 Å². The molecule has 19 heavy (non-hydrogen) atoms. The first-order valence-electron chi connectivity index (χ1n) is 5.74. The van der Waals surface area contributed by atoms with Crippen LogP contribution in [0.15, 0.2) is 23.6 Å². The Balaban J connectivity index is 2.01. The van der Waals surface area contributed by atoms with Crippen LogP contribution in [0.3, 0.4) is 0 Å². The molecule has 1 heterocycles. The molecule has 2 rings (SSSR count). The second-order valence-electron chi connectivity index (χ2n) is 4.05. The monoisotopic (exact) mass is 296 g/mol. The van der Waals surface area contributed by atoms with Crippen molar-refractivity contribution in [3.8, 4) is 0 Å². The molecule has 0 fully saturated rings. The maximum atomic E-state index is 11.1. The fourth-order valence-corrected chi connectivity index (χ4v) is 2.62. The highest BCUT2D eigenvalue weighted by Crippen LogP contribution is 2.21. The van der Waals surface area contributed by atoms with Crippen LogP contribution < -0.4 is 5.32 Å². The van der Waals surface area contributed by atoms with Gasteiger partial charge in [-0.1, -0.05) is 11.6 Å². The molecular formula is C13H13ClN2O2S. The number of nitrogens with zero attached hydrogens (tertiary/aromatic N) is 1. The van der Waals surface area contributed by atoms with Crippen molar-refractivity contribution in [1.82, 2.24) is 4.98 Å². The second-order valence-corrected chi connectivity index (χ2v) is 5.43. The predicted molar refractivity (Wildman–Crippen MR) is 77.5 cm³/mol. The van der Waals surface area contributed by atoms with E-state index in [9.17, 15) is 4.79 Å². The Hall–Kier alpha value is -1.59. The highest BCUT2D eigenvalue weighted by Gasteiger charge is 2.10. The molecule has 0 saturated heterocycles. The first kappa shape index (κ1) is 13.8. The van der Waals surface area contributed by atoms with E-state index in [-0.39, 0.29) is 5.56 Å². The van der Waals surface area contributed by atoms with Crippen LogP contribution in [0.4, 0.5) is 5.69 Å². The van der Waals surface area contributed by atoms with Gasteiger partial charge in [0.25, 0.3) is 0 Å². The fourth-order valence-electron chi connectivity index (χ4n) is 1.67. The summed E-state index contributed by atoms with van der Waals surface area (Å²) in [6.07, 6.45) is 0.764. The molecule has 2 aromatic rings. The lowest BCUT2D eigenvalue weighted by Gasteiger charge is -2.09. The lowest BCUT2D eigenvalue weighted by Crippen LogP contribution is -2.09. The molecule has 2 N–H and O–H groups in total. The standard InChI is InChI=1S/C13H13ClN2O2S/c1-8-7-19-12(16-8)4-5-15-11-3-2-9(14)6-10(11)13(17)18/h2-3,6-7,15H,4-5H2,1H3,(H,17,18). The predicted octanol–water partition coefficient (Wildman–Crippen LogP) is 3.46. The number of thiazole rings is 1. The van der Waals surface area contributed by atoms with Gasteiger partial charge in [0.05, 0.1) is 10.6 Å². The highest BCUT2D eigenvalue weighted by atomic mass is 35.5. The minimum atomic E-state index is -0.991. The molecule has 0 aliphatic carbocycles. The summed E-state index contributed by atoms with van der Waals surface area (Å²) in [6, 6.07) is 4.79. The summed E-state index contributed by atoms with van der Waals surface area (Å²) in [4.78, 5) is 15.5. The number of benzene rings is 1. The first-order chi connectivity index (χ1) is 9.06. The van der Waals surface area contributed by atoms with Crippen LogP contribution >= 0.6 is 22.9 Å². The molecule has 0 spiro atoms. The number of aryl methyl sites for hydroxylation is 1. The Morgan fingerprint density at radius 1 is 1.53 bits per heavy atom. The van der Waals surface area contributed by atoms with E-state index in [0.717, 1.165) is 17.1 Å². The third kappa shape index (κ3) is 3.68. The summed E-state index contributed by atoms with van der Waals surface area (Å²) >= 11 is 7.40. The van der Waals surface area contributed by atoms with Crippen LogP contribution in [0.1, 0.15) is 21.1 Å². The van der Waals surface area contributed by atoms with Crippen molar-refractivity contribution >= 4 is 34.6 Å². The van der Waals surface area contributed by atoms with Gasteiger partial charge in [-0.05, 0) is 25.1 Å². The van der Waals surface area contributed by atoms with E-state index in [0.29, 0.717) is 17.3 Å². The minimum absolute atomic E-state index is 0.183. The Morgan fingerprint density at radius 3 is 2.95 bits per heavy atom. The smallest absolute Gasteiger partial charge is 0.337 e. The van der Waals surface area contributed by atoms with Gasteiger partial charge in [0.2, 0.25) is 0 Å². The molecule has 0 atom stereocenters. The third-order valence-electron chi connectivity index (χ3n) is 2.53. The molecule has 0 bridgehead atoms. The van der Waals surface area contributed by atoms with Gasteiger partial charge < -0.3 is 10.4 Å². The molecule has 0 aliphatic heterocycles. The van der Waals surface area contributed by atoms with E-state index in [1.54, 1.807) is 23.5 Å². The zero-order chi connectivity index (χ0) is 13.8. The van der Waals surface area contributed by atoms with Gasteiger partial charge in [0.1, 0.15) is 0 Å². The SMILES string of the molecule is Cc1csc(CCNc2ccc(Cl)cc2C(=O)O)n1. The molecule has 1 aromatic heterocycles. The third-order valence-corrected chi connectivity index (χ3v) is 3.79. The van der Waals surface area contributed by atoms with Crippen LogP contribution in [0.5, 0.6) is 0 Å². The molecule has 6 heteroatoms. The van der Waals surface area contributed by atoms with Crippen molar-refractivity contribution in [2.45, 2.75) is 13.3 Å². The number of nitrogens with one attached hydrogen (secondary N) is 1. The molecule has 0 radical (unpaired) electrons. The van der Waals surface area contributed by atoms with Crippen molar-refractivity contribution in [3.63, 3.8) is 0 Å². The summed E-state index contributed by atoms with van der Waals surface area (Å²) in [7, 11) is 0. The van der Waals surface area contributed by atoms with Crippen LogP contribution in [0, 0.1) is 6.92 Å². The van der Waals surface area contributed by atoms with Crippen molar-refractivity contribution in [1.29, 1.82) is 0 Å². The lowest BCUT2D eigenvalue weighted by molar-refractivity contribution is 0.0698. The van der Waals surface area contributed by atoms with Gasteiger partial charge in [0, 0.05) is 34.7 Å². The van der Waals surface area contributed by atoms with Crippen LogP contribution in [-0.2, 0) is 6.42 Å². The lowest BCUT2D eigenvalue weighted by atomic mass is 10.2. The average Bonchev–Trinajstić information content (AvgIpc) is 2.77. The van der Waals surface area contributed by atoms with E-state index in [1.165, 1.54) is 6.07 Å². The topological polar surface area (TPSA) is 62.2 Å². The van der Waals surface area contributed by atoms with Gasteiger partial charge in [-0.3, -0.25) is 0 Å². The number of anilines is 1. The van der Waals surface area contributed by atoms with E-state index < -0.39 is 5.97 Å². The maximum absolute atomic E-state index is 11.1. The second kappa shape index (κ2) is 6.04. The highest BCUT2D eigenvalue weighted by molar-refractivity contribution is 7.09. The zero-order valence-corrected chi connectivity index (χ0v) is 11.9. The number of carbonyl (C=O) groups is 1. The van der Waals surface area contributed by atoms with Gasteiger partial charge in [-0.25, -0.2) is 9.78 Å². The average molecular weight is 297 g/mol. The number of carboxylic acids is 1. The number of rotatable bonds is 5. The van der Waals surface area contributed by atoms with E-state index in [2.05, 4.69) is 10.3 Å². The normalized spacial score (nSPS) is 10.4. The van der Waals surface area contributed by atoms with Crippen LogP contribution in [-0.4, -0.2) is 22.6 Å². The van der Waals surface area contributed by atoms with Crippen LogP contribution in [0.25, 0.3) is 0 Å². The Bertz CT molecular complexity index is 598. The molecule has 0 aliphatic rings. The summed E-state index contributed by atoms with van der Waals surface area (Å²) in [5, 5.41) is 15.7. The molecule has 0 amide bonds. The minimum Gasteiger partial charge on any atom is -0.478 e. The quantitative estimate of drug-likeness (QED) is 0.887. The maximum Gasteiger partial charge on any atom is 0.337 e. The van der Waals surface area contributed by atoms with Gasteiger partial charge in [-0.2, -0.15) is 0 Å². The summed E-state index contributed by atoms with van der Waals surface area (Å²) < 4.78 is 0. The van der Waals surface area contributed by atoms with Crippen LogP contribution in [0.2, 0.25) is 5.02 Å². The number of hydrogen-bond donors (Lipinski definition) is 2. The summed E-state index contributed by atoms with van der Waals surface area (Å²) in [5.41, 5.74) is 1.77. The molecular weight excluding hydrogens is 284 g/mol. The number of halogens is 1. The molecule has 4 nitrogen and oxygen atoms in total. The summed E-state index contributed by atoms with van der Waals surface area (Å²) in [6.45, 7) is 2.59. The molecule has 0 unspecified atom stereocenters. The number of aromatic carboxylic acids is 1. The Kier molecular flexibility index (Phi) is 4.39. The first-order valence-corrected chi connectivity index (χ1v) is 7.00. The number of carboxylic acid groups (broad SMARTS) is 1. The number of aromatic nitrogens is 1.